The van der Waals surface area contributed by atoms with Gasteiger partial charge in [0.15, 0.2) is 11.5 Å². The molecule has 0 unspecified atom stereocenters. The highest BCUT2D eigenvalue weighted by atomic mass is 35.5. The van der Waals surface area contributed by atoms with Gasteiger partial charge in [-0.05, 0) is 42.3 Å². The summed E-state index contributed by atoms with van der Waals surface area (Å²) in [4.78, 5) is 14.1. The van der Waals surface area contributed by atoms with Crippen molar-refractivity contribution >= 4 is 46.9 Å². The second kappa shape index (κ2) is 12.3. The molecule has 0 atom stereocenters. The van der Waals surface area contributed by atoms with Gasteiger partial charge in [0.2, 0.25) is 0 Å². The standard InChI is InChI=1S/C22H24Cl3N3O4/c1-2-31-20-11-16(12-26-27-21(29)13-28-5-7-30-8-6-28)10-19(25)22(20)32-14-15-3-4-17(23)18(24)9-15/h3-4,9-12H,2,5-8,13-14H2,1H3,(H,27,29). The van der Waals surface area contributed by atoms with E-state index in [2.05, 4.69) is 10.5 Å². The first-order chi connectivity index (χ1) is 15.5. The molecule has 0 saturated carbocycles. The van der Waals surface area contributed by atoms with Crippen LogP contribution in [-0.2, 0) is 16.1 Å². The Balaban J connectivity index is 1.63. The normalized spacial score (nSPS) is 14.5. The van der Waals surface area contributed by atoms with Crippen LogP contribution in [0.15, 0.2) is 35.4 Å². The third-order valence-electron chi connectivity index (χ3n) is 4.57. The van der Waals surface area contributed by atoms with Crippen molar-refractivity contribution in [3.8, 4) is 11.5 Å². The van der Waals surface area contributed by atoms with Gasteiger partial charge in [-0.2, -0.15) is 5.10 Å². The number of ether oxygens (including phenoxy) is 3. The van der Waals surface area contributed by atoms with Gasteiger partial charge in [0.25, 0.3) is 5.91 Å². The van der Waals surface area contributed by atoms with Gasteiger partial charge >= 0.3 is 0 Å². The second-order valence-corrected chi connectivity index (χ2v) is 8.20. The lowest BCUT2D eigenvalue weighted by Gasteiger charge is -2.25. The Kier molecular flexibility index (Phi) is 9.44. The van der Waals surface area contributed by atoms with Gasteiger partial charge in [0, 0.05) is 13.1 Å². The van der Waals surface area contributed by atoms with Gasteiger partial charge in [-0.25, -0.2) is 5.43 Å². The van der Waals surface area contributed by atoms with Crippen LogP contribution in [0.4, 0.5) is 0 Å². The van der Waals surface area contributed by atoms with E-state index in [9.17, 15) is 4.79 Å². The highest BCUT2D eigenvalue weighted by Crippen LogP contribution is 2.37. The summed E-state index contributed by atoms with van der Waals surface area (Å²) in [6.45, 7) is 5.53. The van der Waals surface area contributed by atoms with E-state index in [-0.39, 0.29) is 19.1 Å². The van der Waals surface area contributed by atoms with Crippen molar-refractivity contribution in [2.75, 3.05) is 39.5 Å². The molecule has 1 fully saturated rings. The maximum Gasteiger partial charge on any atom is 0.254 e. The predicted molar refractivity (Wildman–Crippen MR) is 126 cm³/mol. The van der Waals surface area contributed by atoms with Crippen LogP contribution in [0.25, 0.3) is 0 Å². The maximum absolute atomic E-state index is 12.1. The van der Waals surface area contributed by atoms with E-state index in [1.807, 2.05) is 17.9 Å². The molecule has 3 rings (SSSR count). The topological polar surface area (TPSA) is 72.4 Å². The quantitative estimate of drug-likeness (QED) is 0.408. The Labute approximate surface area is 202 Å². The minimum atomic E-state index is -0.194. The first kappa shape index (κ1) is 24.6. The fourth-order valence-corrected chi connectivity index (χ4v) is 3.62. The van der Waals surface area contributed by atoms with Crippen molar-refractivity contribution in [1.82, 2.24) is 10.3 Å². The van der Waals surface area contributed by atoms with E-state index >= 15 is 0 Å². The molecule has 1 aliphatic rings. The number of nitrogens with zero attached hydrogens (tertiary/aromatic N) is 2. The number of nitrogens with one attached hydrogen (secondary N) is 1. The number of hydrazone groups is 1. The zero-order valence-electron chi connectivity index (χ0n) is 17.6. The molecule has 2 aromatic carbocycles. The van der Waals surface area contributed by atoms with Crippen LogP contribution < -0.4 is 14.9 Å². The molecular weight excluding hydrogens is 477 g/mol. The van der Waals surface area contributed by atoms with Crippen LogP contribution in [0.2, 0.25) is 15.1 Å². The zero-order chi connectivity index (χ0) is 22.9. The molecule has 0 bridgehead atoms. The molecule has 0 aliphatic carbocycles. The van der Waals surface area contributed by atoms with Crippen molar-refractivity contribution in [2.24, 2.45) is 5.10 Å². The van der Waals surface area contributed by atoms with Gasteiger partial charge in [0.05, 0.1) is 47.6 Å². The van der Waals surface area contributed by atoms with Gasteiger partial charge in [-0.1, -0.05) is 40.9 Å². The van der Waals surface area contributed by atoms with Gasteiger partial charge in [0.1, 0.15) is 6.61 Å². The number of morpholine rings is 1. The Morgan fingerprint density at radius 1 is 1.12 bits per heavy atom. The third kappa shape index (κ3) is 7.25. The highest BCUT2D eigenvalue weighted by Gasteiger charge is 2.15. The summed E-state index contributed by atoms with van der Waals surface area (Å²) in [7, 11) is 0. The van der Waals surface area contributed by atoms with Gasteiger partial charge in [-0.3, -0.25) is 9.69 Å². The summed E-state index contributed by atoms with van der Waals surface area (Å²) in [6, 6.07) is 8.70. The maximum atomic E-state index is 12.1. The van der Waals surface area contributed by atoms with Gasteiger partial charge < -0.3 is 14.2 Å². The first-order valence-electron chi connectivity index (χ1n) is 10.1. The number of halogens is 3. The van der Waals surface area contributed by atoms with Crippen molar-refractivity contribution < 1.29 is 19.0 Å². The summed E-state index contributed by atoms with van der Waals surface area (Å²) in [5, 5.41) is 5.31. The smallest absolute Gasteiger partial charge is 0.254 e. The molecule has 1 heterocycles. The van der Waals surface area contributed by atoms with Crippen LogP contribution in [0.5, 0.6) is 11.5 Å². The molecule has 1 saturated heterocycles. The monoisotopic (exact) mass is 499 g/mol. The van der Waals surface area contributed by atoms with E-state index in [1.165, 1.54) is 6.21 Å². The van der Waals surface area contributed by atoms with Crippen LogP contribution >= 0.6 is 34.8 Å². The van der Waals surface area contributed by atoms with Crippen LogP contribution in [0.3, 0.4) is 0 Å². The number of hydrogen-bond donors (Lipinski definition) is 1. The lowest BCUT2D eigenvalue weighted by molar-refractivity contribution is -0.123. The summed E-state index contributed by atoms with van der Waals surface area (Å²) < 4.78 is 16.9. The molecule has 0 radical (unpaired) electrons. The van der Waals surface area contributed by atoms with E-state index in [0.717, 1.165) is 18.7 Å². The number of amides is 1. The molecule has 1 N–H and O–H groups in total. The number of carbonyl (C=O) groups is 1. The van der Waals surface area contributed by atoms with Crippen molar-refractivity contribution in [2.45, 2.75) is 13.5 Å². The molecule has 0 aromatic heterocycles. The van der Waals surface area contributed by atoms with Crippen LogP contribution in [0.1, 0.15) is 18.1 Å². The first-order valence-corrected chi connectivity index (χ1v) is 11.2. The van der Waals surface area contributed by atoms with E-state index < -0.39 is 0 Å². The van der Waals surface area contributed by atoms with Gasteiger partial charge in [-0.15, -0.1) is 0 Å². The van der Waals surface area contributed by atoms with Crippen LogP contribution in [0, 0.1) is 0 Å². The minimum Gasteiger partial charge on any atom is -0.490 e. The fraction of sp³-hybridized carbons (Fsp3) is 0.364. The Morgan fingerprint density at radius 2 is 1.91 bits per heavy atom. The number of rotatable bonds is 9. The Morgan fingerprint density at radius 3 is 2.62 bits per heavy atom. The van der Waals surface area contributed by atoms with E-state index in [0.29, 0.717) is 52.0 Å². The predicted octanol–water partition coefficient (Wildman–Crippen LogP) is 4.41. The summed E-state index contributed by atoms with van der Waals surface area (Å²) in [6.07, 6.45) is 1.51. The molecule has 1 amide bonds. The lowest BCUT2D eigenvalue weighted by atomic mass is 10.2. The minimum absolute atomic E-state index is 0.194. The molecule has 1 aliphatic heterocycles. The molecular formula is C22H24Cl3N3O4. The largest absolute Gasteiger partial charge is 0.490 e. The highest BCUT2D eigenvalue weighted by molar-refractivity contribution is 6.42. The summed E-state index contributed by atoms with van der Waals surface area (Å²) >= 11 is 18.5. The molecule has 172 valence electrons. The molecule has 0 spiro atoms. The zero-order valence-corrected chi connectivity index (χ0v) is 19.8. The number of hydrogen-bond acceptors (Lipinski definition) is 6. The average molecular weight is 501 g/mol. The van der Waals surface area contributed by atoms with Crippen molar-refractivity contribution in [1.29, 1.82) is 0 Å². The molecule has 32 heavy (non-hydrogen) atoms. The molecule has 2 aromatic rings. The fourth-order valence-electron chi connectivity index (χ4n) is 3.03. The number of benzene rings is 2. The van der Waals surface area contributed by atoms with Crippen LogP contribution in [-0.4, -0.2) is 56.5 Å². The average Bonchev–Trinajstić information content (AvgIpc) is 2.76. The molecule has 10 heteroatoms. The third-order valence-corrected chi connectivity index (χ3v) is 5.59. The van der Waals surface area contributed by atoms with E-state index in [1.54, 1.807) is 24.3 Å². The van der Waals surface area contributed by atoms with E-state index in [4.69, 9.17) is 49.0 Å². The Bertz CT molecular complexity index is 966. The molecule has 7 nitrogen and oxygen atoms in total. The van der Waals surface area contributed by atoms with Crippen molar-refractivity contribution in [3.63, 3.8) is 0 Å². The summed E-state index contributed by atoms with van der Waals surface area (Å²) in [5.74, 6) is 0.690. The van der Waals surface area contributed by atoms with Crippen molar-refractivity contribution in [3.05, 3.63) is 56.5 Å². The lowest BCUT2D eigenvalue weighted by Crippen LogP contribution is -2.42. The SMILES string of the molecule is CCOc1cc(C=NNC(=O)CN2CCOCC2)cc(Cl)c1OCc1ccc(Cl)c(Cl)c1. The summed E-state index contributed by atoms with van der Waals surface area (Å²) in [5.41, 5.74) is 4.03. The second-order valence-electron chi connectivity index (χ2n) is 6.98. The number of carbonyl (C=O) groups excluding carboxylic acids is 1. The Hall–Kier alpha value is -2.03.